The number of benzene rings is 1. The lowest BCUT2D eigenvalue weighted by molar-refractivity contribution is 0.272. The van der Waals surface area contributed by atoms with E-state index >= 15 is 0 Å². The van der Waals surface area contributed by atoms with Gasteiger partial charge in [0.15, 0.2) is 0 Å². The zero-order chi connectivity index (χ0) is 13.5. The Morgan fingerprint density at radius 2 is 1.89 bits per heavy atom. The summed E-state index contributed by atoms with van der Waals surface area (Å²) in [5.41, 5.74) is 6.64. The van der Waals surface area contributed by atoms with E-state index in [1.165, 1.54) is 0 Å². The fraction of sp³-hybridized carbons (Fsp3) is 0.600. The van der Waals surface area contributed by atoms with Gasteiger partial charge in [-0.1, -0.05) is 19.3 Å². The molecule has 104 valence electrons. The average Bonchev–Trinajstić information content (AvgIpc) is 2.89. The van der Waals surface area contributed by atoms with Gasteiger partial charge in [-0.25, -0.2) is 8.78 Å². The summed E-state index contributed by atoms with van der Waals surface area (Å²) in [7, 11) is 0. The van der Waals surface area contributed by atoms with Crippen LogP contribution in [0.4, 0.5) is 8.78 Å². The van der Waals surface area contributed by atoms with Crippen LogP contribution in [0.5, 0.6) is 5.75 Å². The second kappa shape index (κ2) is 4.75. The molecule has 1 saturated carbocycles. The van der Waals surface area contributed by atoms with Crippen molar-refractivity contribution >= 4 is 0 Å². The van der Waals surface area contributed by atoms with E-state index in [1.54, 1.807) is 0 Å². The summed E-state index contributed by atoms with van der Waals surface area (Å²) >= 11 is 0. The van der Waals surface area contributed by atoms with E-state index in [0.717, 1.165) is 38.2 Å². The molecule has 1 heterocycles. The zero-order valence-electron chi connectivity index (χ0n) is 11.0. The third-order valence-electron chi connectivity index (χ3n) is 4.61. The van der Waals surface area contributed by atoms with Crippen molar-refractivity contribution < 1.29 is 13.5 Å². The molecule has 1 aliphatic heterocycles. The van der Waals surface area contributed by atoms with Crippen LogP contribution >= 0.6 is 0 Å². The first-order chi connectivity index (χ1) is 9.18. The van der Waals surface area contributed by atoms with Crippen molar-refractivity contribution in [3.05, 3.63) is 28.8 Å². The van der Waals surface area contributed by atoms with Gasteiger partial charge in [0, 0.05) is 35.6 Å². The highest BCUT2D eigenvalue weighted by Crippen LogP contribution is 2.47. The second-order valence-electron chi connectivity index (χ2n) is 5.67. The van der Waals surface area contributed by atoms with E-state index in [-0.39, 0.29) is 5.41 Å². The molecule has 1 aromatic carbocycles. The minimum Gasteiger partial charge on any atom is -0.492 e. The highest BCUT2D eigenvalue weighted by molar-refractivity contribution is 5.50. The van der Waals surface area contributed by atoms with Gasteiger partial charge in [-0.15, -0.1) is 0 Å². The number of rotatable bonds is 2. The standard InChI is InChI=1S/C15H19F2NO/c16-11-8-12(17)13(14-10(11)4-7-19-14)15(9-18)5-2-1-3-6-15/h8H,1-7,9,18H2. The van der Waals surface area contributed by atoms with Crippen LogP contribution in [0.2, 0.25) is 0 Å². The molecule has 0 saturated heterocycles. The van der Waals surface area contributed by atoms with Crippen LogP contribution in [0.25, 0.3) is 0 Å². The first-order valence-corrected chi connectivity index (χ1v) is 7.02. The third-order valence-corrected chi connectivity index (χ3v) is 4.61. The molecule has 0 amide bonds. The molecular formula is C15H19F2NO. The van der Waals surface area contributed by atoms with Crippen LogP contribution in [0, 0.1) is 11.6 Å². The van der Waals surface area contributed by atoms with E-state index in [1.807, 2.05) is 0 Å². The van der Waals surface area contributed by atoms with Gasteiger partial charge in [0.25, 0.3) is 0 Å². The molecule has 0 spiro atoms. The number of fused-ring (bicyclic) bond motifs is 1. The van der Waals surface area contributed by atoms with Crippen LogP contribution in [0.15, 0.2) is 6.07 Å². The van der Waals surface area contributed by atoms with Gasteiger partial charge in [0.2, 0.25) is 0 Å². The molecule has 19 heavy (non-hydrogen) atoms. The molecule has 0 bridgehead atoms. The minimum atomic E-state index is -0.495. The van der Waals surface area contributed by atoms with Crippen LogP contribution in [0.3, 0.4) is 0 Å². The summed E-state index contributed by atoms with van der Waals surface area (Å²) in [5, 5.41) is 0. The number of hydrogen-bond acceptors (Lipinski definition) is 2. The van der Waals surface area contributed by atoms with Gasteiger partial charge < -0.3 is 10.5 Å². The van der Waals surface area contributed by atoms with Gasteiger partial charge in [-0.3, -0.25) is 0 Å². The normalized spacial score (nSPS) is 21.0. The second-order valence-corrected chi connectivity index (χ2v) is 5.67. The van der Waals surface area contributed by atoms with Crippen molar-refractivity contribution in [1.29, 1.82) is 0 Å². The number of halogens is 2. The molecule has 0 atom stereocenters. The molecular weight excluding hydrogens is 248 g/mol. The summed E-state index contributed by atoms with van der Waals surface area (Å²) in [6.45, 7) is 0.828. The van der Waals surface area contributed by atoms with Gasteiger partial charge in [0.05, 0.1) is 6.61 Å². The van der Waals surface area contributed by atoms with Gasteiger partial charge >= 0.3 is 0 Å². The number of ether oxygens (including phenoxy) is 1. The molecule has 1 aromatic rings. The monoisotopic (exact) mass is 267 g/mol. The summed E-state index contributed by atoms with van der Waals surface area (Å²) < 4.78 is 33.7. The van der Waals surface area contributed by atoms with E-state index in [4.69, 9.17) is 10.5 Å². The van der Waals surface area contributed by atoms with Crippen LogP contribution < -0.4 is 10.5 Å². The maximum absolute atomic E-state index is 14.3. The van der Waals surface area contributed by atoms with E-state index in [2.05, 4.69) is 0 Å². The lowest BCUT2D eigenvalue weighted by Crippen LogP contribution is -2.38. The van der Waals surface area contributed by atoms with Crippen LogP contribution in [0.1, 0.15) is 43.2 Å². The van der Waals surface area contributed by atoms with Crippen molar-refractivity contribution in [2.75, 3.05) is 13.2 Å². The largest absolute Gasteiger partial charge is 0.492 e. The van der Waals surface area contributed by atoms with Crippen molar-refractivity contribution in [2.24, 2.45) is 5.73 Å². The third kappa shape index (κ3) is 1.93. The van der Waals surface area contributed by atoms with E-state index < -0.39 is 11.6 Å². The summed E-state index contributed by atoms with van der Waals surface area (Å²) in [4.78, 5) is 0. The molecule has 1 aliphatic carbocycles. The van der Waals surface area contributed by atoms with Gasteiger partial charge in [0.1, 0.15) is 17.4 Å². The lowest BCUT2D eigenvalue weighted by Gasteiger charge is -2.37. The summed E-state index contributed by atoms with van der Waals surface area (Å²) in [6.07, 6.45) is 5.50. The zero-order valence-corrected chi connectivity index (χ0v) is 11.0. The molecule has 0 radical (unpaired) electrons. The minimum absolute atomic E-state index is 0.371. The summed E-state index contributed by atoms with van der Waals surface area (Å²) in [5.74, 6) is -0.549. The van der Waals surface area contributed by atoms with Gasteiger partial charge in [-0.05, 0) is 12.8 Å². The lowest BCUT2D eigenvalue weighted by atomic mass is 9.68. The fourth-order valence-electron chi connectivity index (χ4n) is 3.56. The predicted octanol–water partition coefficient (Wildman–Crippen LogP) is 3.06. The molecule has 0 aromatic heterocycles. The Bertz CT molecular complexity index is 495. The highest BCUT2D eigenvalue weighted by atomic mass is 19.1. The molecule has 0 unspecified atom stereocenters. The topological polar surface area (TPSA) is 35.2 Å². The number of nitrogens with two attached hydrogens (primary N) is 1. The molecule has 3 rings (SSSR count). The quantitative estimate of drug-likeness (QED) is 0.893. The SMILES string of the molecule is NCC1(c2c(F)cc(F)c3c2OCC3)CCCCC1. The average molecular weight is 267 g/mol. The first-order valence-electron chi connectivity index (χ1n) is 7.02. The Morgan fingerprint density at radius 3 is 2.58 bits per heavy atom. The highest BCUT2D eigenvalue weighted by Gasteiger charge is 2.40. The first kappa shape index (κ1) is 12.9. The van der Waals surface area contributed by atoms with E-state index in [0.29, 0.717) is 36.4 Å². The Kier molecular flexibility index (Phi) is 3.21. The molecule has 2 N–H and O–H groups in total. The van der Waals surface area contributed by atoms with E-state index in [9.17, 15) is 8.78 Å². The fourth-order valence-corrected chi connectivity index (χ4v) is 3.56. The molecule has 1 fully saturated rings. The van der Waals surface area contributed by atoms with Gasteiger partial charge in [-0.2, -0.15) is 0 Å². The Hall–Kier alpha value is -1.16. The summed E-state index contributed by atoms with van der Waals surface area (Å²) in [6, 6.07) is 1.01. The van der Waals surface area contributed by atoms with Crippen LogP contribution in [-0.2, 0) is 11.8 Å². The predicted molar refractivity (Wildman–Crippen MR) is 69.4 cm³/mol. The Morgan fingerprint density at radius 1 is 1.16 bits per heavy atom. The molecule has 2 aliphatic rings. The van der Waals surface area contributed by atoms with Crippen molar-refractivity contribution in [3.63, 3.8) is 0 Å². The van der Waals surface area contributed by atoms with Crippen molar-refractivity contribution in [2.45, 2.75) is 43.9 Å². The van der Waals surface area contributed by atoms with Crippen LogP contribution in [-0.4, -0.2) is 13.2 Å². The molecule has 4 heteroatoms. The van der Waals surface area contributed by atoms with Crippen molar-refractivity contribution in [3.8, 4) is 5.75 Å². The maximum atomic E-state index is 14.3. The maximum Gasteiger partial charge on any atom is 0.133 e. The Labute approximate surface area is 111 Å². The smallest absolute Gasteiger partial charge is 0.133 e. The van der Waals surface area contributed by atoms with Crippen molar-refractivity contribution in [1.82, 2.24) is 0 Å². The Balaban J connectivity index is 2.16. The molecule has 2 nitrogen and oxygen atoms in total. The number of hydrogen-bond donors (Lipinski definition) is 1.